The number of halogens is 3. The topological polar surface area (TPSA) is 82.3 Å². The molecule has 0 bridgehead atoms. The molecule has 0 unspecified atom stereocenters. The van der Waals surface area contributed by atoms with Crippen LogP contribution >= 0.6 is 11.8 Å². The maximum absolute atomic E-state index is 11.8. The fraction of sp³-hybridized carbons (Fsp3) is 0.364. The Hall–Kier alpha value is -1.97. The number of ether oxygens (including phenoxy) is 1. The number of pyridine rings is 1. The molecular weight excluding hydrogens is 313 g/mol. The van der Waals surface area contributed by atoms with E-state index in [2.05, 4.69) is 4.74 Å². The summed E-state index contributed by atoms with van der Waals surface area (Å²) < 4.78 is 40.4. The van der Waals surface area contributed by atoms with Crippen molar-refractivity contribution >= 4 is 23.6 Å². The average molecular weight is 324 g/mol. The van der Waals surface area contributed by atoms with Gasteiger partial charge in [0.25, 0.3) is 10.9 Å². The molecule has 116 valence electrons. The van der Waals surface area contributed by atoms with Gasteiger partial charge in [-0.15, -0.1) is 0 Å². The van der Waals surface area contributed by atoms with Crippen molar-refractivity contribution in [3.63, 3.8) is 0 Å². The molecule has 1 N–H and O–H groups in total. The van der Waals surface area contributed by atoms with Crippen LogP contribution in [0.5, 0.6) is 0 Å². The van der Waals surface area contributed by atoms with Crippen molar-refractivity contribution in [2.24, 2.45) is 0 Å². The Morgan fingerprint density at radius 1 is 1.38 bits per heavy atom. The zero-order valence-electron chi connectivity index (χ0n) is 10.6. The van der Waals surface area contributed by atoms with E-state index in [-0.39, 0.29) is 10.8 Å². The number of nitrogens with zero attached hydrogens (tertiary/aromatic N) is 1. The molecule has 1 heterocycles. The predicted octanol–water partition coefficient (Wildman–Crippen LogP) is 0.634. The smallest absolute Gasteiger partial charge is 0.405 e. The number of amides is 1. The standard InChI is InChI=1S/C11H11F3N2O4S/c12-11(13,14)7-15-8(17)5-20-10(18)6-21-9-3-1-2-4-16(9)19/h1-4H,5-7H2,(H,15,17). The van der Waals surface area contributed by atoms with Gasteiger partial charge < -0.3 is 15.3 Å². The number of carbonyl (C=O) groups excluding carboxylic acids is 2. The highest BCUT2D eigenvalue weighted by Gasteiger charge is 2.27. The van der Waals surface area contributed by atoms with Crippen LogP contribution in [0, 0.1) is 5.21 Å². The Balaban J connectivity index is 2.25. The number of aromatic nitrogens is 1. The highest BCUT2D eigenvalue weighted by Crippen LogP contribution is 2.13. The van der Waals surface area contributed by atoms with Crippen LogP contribution in [0.15, 0.2) is 29.4 Å². The van der Waals surface area contributed by atoms with Crippen LogP contribution in [-0.4, -0.2) is 37.0 Å². The Labute approximate surface area is 121 Å². The third-order valence-corrected chi connectivity index (χ3v) is 2.97. The van der Waals surface area contributed by atoms with E-state index in [0.29, 0.717) is 4.73 Å². The van der Waals surface area contributed by atoms with E-state index in [9.17, 15) is 28.0 Å². The molecule has 1 rings (SSSR count). The summed E-state index contributed by atoms with van der Waals surface area (Å²) in [6.07, 6.45) is -3.27. The maximum Gasteiger partial charge on any atom is 0.405 e. The van der Waals surface area contributed by atoms with Gasteiger partial charge in [-0.2, -0.15) is 17.9 Å². The van der Waals surface area contributed by atoms with Crippen molar-refractivity contribution in [3.05, 3.63) is 29.6 Å². The first-order valence-electron chi connectivity index (χ1n) is 5.58. The molecule has 1 aromatic heterocycles. The normalized spacial score (nSPS) is 11.0. The quantitative estimate of drug-likeness (QED) is 0.359. The summed E-state index contributed by atoms with van der Waals surface area (Å²) in [7, 11) is 0. The summed E-state index contributed by atoms with van der Waals surface area (Å²) in [5, 5.41) is 13.1. The number of thioether (sulfide) groups is 1. The molecule has 0 fully saturated rings. The molecule has 6 nitrogen and oxygen atoms in total. The summed E-state index contributed by atoms with van der Waals surface area (Å²) in [6, 6.07) is 4.61. The first-order chi connectivity index (χ1) is 9.78. The van der Waals surface area contributed by atoms with Gasteiger partial charge in [-0.3, -0.25) is 9.59 Å². The average Bonchev–Trinajstić information content (AvgIpc) is 2.41. The number of alkyl halides is 3. The molecule has 0 aliphatic heterocycles. The van der Waals surface area contributed by atoms with Gasteiger partial charge in [0.2, 0.25) is 0 Å². The van der Waals surface area contributed by atoms with Gasteiger partial charge in [0.15, 0.2) is 12.8 Å². The van der Waals surface area contributed by atoms with Gasteiger partial charge in [0.1, 0.15) is 12.3 Å². The van der Waals surface area contributed by atoms with Crippen LogP contribution in [0.1, 0.15) is 0 Å². The van der Waals surface area contributed by atoms with E-state index in [1.54, 1.807) is 11.4 Å². The van der Waals surface area contributed by atoms with Crippen LogP contribution in [0.2, 0.25) is 0 Å². The largest absolute Gasteiger partial charge is 0.618 e. The number of nitrogens with one attached hydrogen (secondary N) is 1. The highest BCUT2D eigenvalue weighted by atomic mass is 32.2. The zero-order valence-corrected chi connectivity index (χ0v) is 11.4. The SMILES string of the molecule is O=C(COC(=O)CSc1cccc[n+]1[O-])NCC(F)(F)F. The van der Waals surface area contributed by atoms with Gasteiger partial charge in [-0.05, 0) is 17.8 Å². The number of hydrogen-bond acceptors (Lipinski definition) is 5. The predicted molar refractivity (Wildman–Crippen MR) is 66.1 cm³/mol. The minimum atomic E-state index is -4.52. The van der Waals surface area contributed by atoms with E-state index in [0.717, 1.165) is 11.8 Å². The van der Waals surface area contributed by atoms with E-state index in [1.165, 1.54) is 18.3 Å². The van der Waals surface area contributed by atoms with E-state index < -0.39 is 31.2 Å². The molecule has 0 aromatic carbocycles. The summed E-state index contributed by atoms with van der Waals surface area (Å²) in [4.78, 5) is 22.2. The molecule has 0 aliphatic rings. The first-order valence-corrected chi connectivity index (χ1v) is 6.56. The van der Waals surface area contributed by atoms with Gasteiger partial charge >= 0.3 is 12.1 Å². The van der Waals surface area contributed by atoms with Crippen LogP contribution < -0.4 is 10.0 Å². The van der Waals surface area contributed by atoms with Gasteiger partial charge in [0, 0.05) is 12.1 Å². The Kier molecular flexibility index (Phi) is 6.28. The van der Waals surface area contributed by atoms with Crippen LogP contribution in [0.4, 0.5) is 13.2 Å². The summed E-state index contributed by atoms with van der Waals surface area (Å²) in [5.41, 5.74) is 0. The fourth-order valence-electron chi connectivity index (χ4n) is 1.09. The number of esters is 1. The molecule has 0 saturated heterocycles. The van der Waals surface area contributed by atoms with E-state index >= 15 is 0 Å². The minimum absolute atomic E-state index is 0.237. The van der Waals surface area contributed by atoms with Gasteiger partial charge in [-0.25, -0.2) is 0 Å². The number of carbonyl (C=O) groups is 2. The third-order valence-electron chi connectivity index (χ3n) is 1.98. The monoisotopic (exact) mass is 324 g/mol. The second-order valence-electron chi connectivity index (χ2n) is 3.71. The van der Waals surface area contributed by atoms with Crippen molar-refractivity contribution in [1.29, 1.82) is 0 Å². The Morgan fingerprint density at radius 3 is 2.71 bits per heavy atom. The summed E-state index contributed by atoms with van der Waals surface area (Å²) >= 11 is 0.889. The van der Waals surface area contributed by atoms with Crippen LogP contribution in [0.3, 0.4) is 0 Å². The zero-order chi connectivity index (χ0) is 15.9. The molecule has 10 heteroatoms. The van der Waals surface area contributed by atoms with E-state index in [4.69, 9.17) is 0 Å². The molecule has 0 radical (unpaired) electrons. The van der Waals surface area contributed by atoms with Gasteiger partial charge in [-0.1, -0.05) is 0 Å². The van der Waals surface area contributed by atoms with Crippen molar-refractivity contribution in [2.45, 2.75) is 11.2 Å². The molecule has 1 amide bonds. The molecule has 0 saturated carbocycles. The summed E-state index contributed by atoms with van der Waals surface area (Å²) in [5.74, 6) is -2.10. The van der Waals surface area contributed by atoms with Crippen molar-refractivity contribution in [3.8, 4) is 0 Å². The second kappa shape index (κ2) is 7.72. The lowest BCUT2D eigenvalue weighted by Gasteiger charge is -2.08. The highest BCUT2D eigenvalue weighted by molar-refractivity contribution is 7.99. The molecule has 0 aliphatic carbocycles. The first kappa shape index (κ1) is 17.1. The van der Waals surface area contributed by atoms with Crippen LogP contribution in [-0.2, 0) is 14.3 Å². The molecule has 0 spiro atoms. The maximum atomic E-state index is 11.8. The molecule has 21 heavy (non-hydrogen) atoms. The number of hydrogen-bond donors (Lipinski definition) is 1. The Bertz CT molecular complexity index is 510. The lowest BCUT2D eigenvalue weighted by Crippen LogP contribution is -2.36. The molecule has 1 aromatic rings. The minimum Gasteiger partial charge on any atom is -0.618 e. The van der Waals surface area contributed by atoms with Crippen molar-refractivity contribution in [2.75, 3.05) is 18.9 Å². The van der Waals surface area contributed by atoms with Crippen LogP contribution in [0.25, 0.3) is 0 Å². The fourth-order valence-corrected chi connectivity index (χ4v) is 1.81. The summed E-state index contributed by atoms with van der Waals surface area (Å²) in [6.45, 7) is -2.29. The van der Waals surface area contributed by atoms with Crippen molar-refractivity contribution in [1.82, 2.24) is 5.32 Å². The van der Waals surface area contributed by atoms with E-state index in [1.807, 2.05) is 0 Å². The molecule has 0 atom stereocenters. The third kappa shape index (κ3) is 7.40. The number of rotatable bonds is 6. The second-order valence-corrected chi connectivity index (χ2v) is 4.70. The Morgan fingerprint density at radius 2 is 2.10 bits per heavy atom. The lowest BCUT2D eigenvalue weighted by molar-refractivity contribution is -0.645. The molecular formula is C11H11F3N2O4S. The lowest BCUT2D eigenvalue weighted by atomic mass is 10.5. The van der Waals surface area contributed by atoms with Crippen molar-refractivity contribution < 1.29 is 32.2 Å². The van der Waals surface area contributed by atoms with Gasteiger partial charge in [0.05, 0.1) is 0 Å².